The molecule has 2 atom stereocenters. The van der Waals surface area contributed by atoms with E-state index < -0.39 is 0 Å². The highest BCUT2D eigenvalue weighted by molar-refractivity contribution is 7.07. The molecule has 0 spiro atoms. The van der Waals surface area contributed by atoms with E-state index in [-0.39, 0.29) is 17.7 Å². The van der Waals surface area contributed by atoms with Crippen LogP contribution in [0.1, 0.15) is 17.9 Å². The molecule has 1 aliphatic carbocycles. The Labute approximate surface area is 120 Å². The molecule has 1 aromatic carbocycles. The molecule has 0 radical (unpaired) electrons. The van der Waals surface area contributed by atoms with E-state index in [1.165, 1.54) is 11.3 Å². The van der Waals surface area contributed by atoms with E-state index in [0.717, 1.165) is 21.8 Å². The minimum absolute atomic E-state index is 0.0120. The lowest BCUT2D eigenvalue weighted by Crippen LogP contribution is -2.13. The number of carbonyl (C=O) groups is 1. The molecule has 1 aliphatic rings. The number of thiazole rings is 1. The lowest BCUT2D eigenvalue weighted by Gasteiger charge is -2.01. The highest BCUT2D eigenvalue weighted by Gasteiger charge is 2.44. The molecule has 19 heavy (non-hydrogen) atoms. The second-order valence-electron chi connectivity index (χ2n) is 4.72. The monoisotopic (exact) mass is 292 g/mol. The third kappa shape index (κ3) is 2.51. The first-order valence-electron chi connectivity index (χ1n) is 6.10. The summed E-state index contributed by atoms with van der Waals surface area (Å²) in [5.74, 6) is 0.181. The van der Waals surface area contributed by atoms with Crippen molar-refractivity contribution in [2.45, 2.75) is 12.3 Å². The summed E-state index contributed by atoms with van der Waals surface area (Å²) in [5, 5.41) is 2.66. The van der Waals surface area contributed by atoms with Crippen molar-refractivity contribution in [1.29, 1.82) is 0 Å². The van der Waals surface area contributed by atoms with Gasteiger partial charge in [0.25, 0.3) is 5.91 Å². The normalized spacial score (nSPS) is 22.5. The molecule has 3 nitrogen and oxygen atoms in total. The number of benzene rings is 1. The van der Waals surface area contributed by atoms with Crippen LogP contribution in [0.4, 0.5) is 0 Å². The topological polar surface area (TPSA) is 34.4 Å². The van der Waals surface area contributed by atoms with Crippen LogP contribution in [-0.4, -0.2) is 10.5 Å². The number of hydrogen-bond donors (Lipinski definition) is 0. The molecule has 3 rings (SSSR count). The minimum atomic E-state index is -0.0389. The van der Waals surface area contributed by atoms with Gasteiger partial charge in [-0.2, -0.15) is 4.99 Å². The van der Waals surface area contributed by atoms with Crippen LogP contribution in [0.5, 0.6) is 0 Å². The van der Waals surface area contributed by atoms with Crippen LogP contribution in [0, 0.1) is 5.92 Å². The zero-order chi connectivity index (χ0) is 13.4. The Hall–Kier alpha value is -1.39. The number of hydrogen-bond acceptors (Lipinski definition) is 2. The standard InChI is InChI=1S/C14H13ClN2OS/c1-17-6-7-19-14(17)16-13(18)11-8-10(11)9-4-2-3-5-12(9)15/h2-7,10-11H,8H2,1H3. The molecule has 1 saturated carbocycles. The van der Waals surface area contributed by atoms with Crippen LogP contribution in [0.3, 0.4) is 0 Å². The van der Waals surface area contributed by atoms with Gasteiger partial charge in [0.2, 0.25) is 0 Å². The first-order valence-corrected chi connectivity index (χ1v) is 7.35. The first-order chi connectivity index (χ1) is 9.16. The zero-order valence-electron chi connectivity index (χ0n) is 10.4. The molecule has 1 aromatic heterocycles. The molecule has 0 N–H and O–H groups in total. The number of amides is 1. The van der Waals surface area contributed by atoms with Gasteiger partial charge in [-0.15, -0.1) is 11.3 Å². The number of rotatable bonds is 2. The lowest BCUT2D eigenvalue weighted by molar-refractivity contribution is -0.119. The van der Waals surface area contributed by atoms with Crippen molar-refractivity contribution < 1.29 is 4.79 Å². The van der Waals surface area contributed by atoms with Gasteiger partial charge in [-0.25, -0.2) is 0 Å². The Morgan fingerprint density at radius 1 is 1.47 bits per heavy atom. The van der Waals surface area contributed by atoms with Gasteiger partial charge in [-0.3, -0.25) is 4.79 Å². The fourth-order valence-electron chi connectivity index (χ4n) is 2.20. The van der Waals surface area contributed by atoms with Crippen molar-refractivity contribution in [3.8, 4) is 0 Å². The van der Waals surface area contributed by atoms with Gasteiger partial charge in [-0.1, -0.05) is 29.8 Å². The molecule has 98 valence electrons. The Bertz CT molecular complexity index is 689. The predicted molar refractivity (Wildman–Crippen MR) is 76.2 cm³/mol. The van der Waals surface area contributed by atoms with Crippen molar-refractivity contribution in [2.24, 2.45) is 18.0 Å². The Kier molecular flexibility index (Phi) is 3.29. The number of carbonyl (C=O) groups excluding carboxylic acids is 1. The van der Waals surface area contributed by atoms with Crippen LogP contribution in [0.15, 0.2) is 40.8 Å². The average molecular weight is 293 g/mol. The fraction of sp³-hybridized carbons (Fsp3) is 0.286. The average Bonchev–Trinajstić information content (AvgIpc) is 3.09. The summed E-state index contributed by atoms with van der Waals surface area (Å²) in [7, 11) is 1.89. The summed E-state index contributed by atoms with van der Waals surface area (Å²) >= 11 is 7.63. The molecular formula is C14H13ClN2OS. The van der Waals surface area contributed by atoms with Crippen molar-refractivity contribution >= 4 is 28.8 Å². The van der Waals surface area contributed by atoms with Gasteiger partial charge < -0.3 is 4.57 Å². The van der Waals surface area contributed by atoms with E-state index in [1.54, 1.807) is 0 Å². The summed E-state index contributed by atoms with van der Waals surface area (Å²) in [6, 6.07) is 7.72. The summed E-state index contributed by atoms with van der Waals surface area (Å²) < 4.78 is 1.86. The molecule has 2 aromatic rings. The van der Waals surface area contributed by atoms with Crippen LogP contribution >= 0.6 is 22.9 Å². The number of aromatic nitrogens is 1. The maximum atomic E-state index is 12.1. The fourth-order valence-corrected chi connectivity index (χ4v) is 3.21. The van der Waals surface area contributed by atoms with E-state index in [1.807, 2.05) is 47.5 Å². The van der Waals surface area contributed by atoms with Crippen molar-refractivity contribution in [2.75, 3.05) is 0 Å². The molecule has 1 fully saturated rings. The summed E-state index contributed by atoms with van der Waals surface area (Å²) in [4.78, 5) is 17.0. The van der Waals surface area contributed by atoms with Gasteiger partial charge in [0, 0.05) is 29.6 Å². The molecule has 1 amide bonds. The summed E-state index contributed by atoms with van der Waals surface area (Å²) in [5.41, 5.74) is 1.06. The molecule has 1 heterocycles. The van der Waals surface area contributed by atoms with Gasteiger partial charge >= 0.3 is 0 Å². The Morgan fingerprint density at radius 3 is 2.95 bits per heavy atom. The van der Waals surface area contributed by atoms with Gasteiger partial charge in [0.15, 0.2) is 4.80 Å². The number of halogens is 1. The van der Waals surface area contributed by atoms with Crippen LogP contribution in [-0.2, 0) is 11.8 Å². The minimum Gasteiger partial charge on any atom is -0.327 e. The highest BCUT2D eigenvalue weighted by atomic mass is 35.5. The van der Waals surface area contributed by atoms with E-state index in [4.69, 9.17) is 11.6 Å². The second-order valence-corrected chi connectivity index (χ2v) is 6.00. The van der Waals surface area contributed by atoms with E-state index in [9.17, 15) is 4.79 Å². The van der Waals surface area contributed by atoms with Crippen LogP contribution < -0.4 is 4.80 Å². The maximum Gasteiger partial charge on any atom is 0.252 e. The molecule has 0 saturated heterocycles. The number of aryl methyl sites for hydroxylation is 1. The van der Waals surface area contributed by atoms with Gasteiger partial charge in [0.05, 0.1) is 0 Å². The third-order valence-electron chi connectivity index (χ3n) is 3.38. The van der Waals surface area contributed by atoms with E-state index >= 15 is 0 Å². The molecule has 0 aliphatic heterocycles. The maximum absolute atomic E-state index is 12.1. The van der Waals surface area contributed by atoms with Crippen LogP contribution in [0.25, 0.3) is 0 Å². The molecule has 5 heteroatoms. The first kappa shape index (κ1) is 12.6. The zero-order valence-corrected chi connectivity index (χ0v) is 12.0. The quantitative estimate of drug-likeness (QED) is 0.838. The smallest absolute Gasteiger partial charge is 0.252 e. The predicted octanol–water partition coefficient (Wildman–Crippen LogP) is 2.97. The van der Waals surface area contributed by atoms with Gasteiger partial charge in [0.1, 0.15) is 0 Å². The molecule has 2 unspecified atom stereocenters. The largest absolute Gasteiger partial charge is 0.327 e. The summed E-state index contributed by atoms with van der Waals surface area (Å²) in [6.07, 6.45) is 2.75. The van der Waals surface area contributed by atoms with Crippen molar-refractivity contribution in [1.82, 2.24) is 4.57 Å². The Balaban J connectivity index is 1.79. The van der Waals surface area contributed by atoms with Gasteiger partial charge in [-0.05, 0) is 24.0 Å². The molecular weight excluding hydrogens is 280 g/mol. The van der Waals surface area contributed by atoms with E-state index in [0.29, 0.717) is 0 Å². The highest BCUT2D eigenvalue weighted by Crippen LogP contribution is 2.50. The molecule has 0 bridgehead atoms. The van der Waals surface area contributed by atoms with Crippen LogP contribution in [0.2, 0.25) is 5.02 Å². The lowest BCUT2D eigenvalue weighted by atomic mass is 10.1. The Morgan fingerprint density at radius 2 is 2.26 bits per heavy atom. The number of nitrogens with zero attached hydrogens (tertiary/aromatic N) is 2. The van der Waals surface area contributed by atoms with E-state index in [2.05, 4.69) is 4.99 Å². The van der Waals surface area contributed by atoms with Crippen molar-refractivity contribution in [3.05, 3.63) is 51.2 Å². The van der Waals surface area contributed by atoms with Crippen molar-refractivity contribution in [3.63, 3.8) is 0 Å². The SMILES string of the molecule is Cn1ccsc1=NC(=O)C1CC1c1ccccc1Cl. The third-order valence-corrected chi connectivity index (χ3v) is 4.57. The second kappa shape index (κ2) is 4.94. The summed E-state index contributed by atoms with van der Waals surface area (Å²) in [6.45, 7) is 0.